The van der Waals surface area contributed by atoms with E-state index < -0.39 is 0 Å². The molecule has 2 atom stereocenters. The molecule has 0 radical (unpaired) electrons. The Balaban J connectivity index is 2.40. The summed E-state index contributed by atoms with van der Waals surface area (Å²) in [7, 11) is 0. The summed E-state index contributed by atoms with van der Waals surface area (Å²) in [6, 6.07) is 5.26. The molecule has 76 valence electrons. The second-order valence-electron chi connectivity index (χ2n) is 4.47. The quantitative estimate of drug-likeness (QED) is 0.823. The fourth-order valence-corrected chi connectivity index (χ4v) is 2.54. The highest BCUT2D eigenvalue weighted by Crippen LogP contribution is 2.58. The van der Waals surface area contributed by atoms with E-state index in [9.17, 15) is 4.39 Å². The molecule has 2 rings (SSSR count). The summed E-state index contributed by atoms with van der Waals surface area (Å²) in [5.41, 5.74) is 7.03. The van der Waals surface area contributed by atoms with Crippen LogP contribution in [0, 0.1) is 11.2 Å². The summed E-state index contributed by atoms with van der Waals surface area (Å²) in [6.45, 7) is 4.22. The van der Waals surface area contributed by atoms with Crippen molar-refractivity contribution in [2.24, 2.45) is 11.1 Å². The highest BCUT2D eigenvalue weighted by Gasteiger charge is 2.56. The molecule has 2 N–H and O–H groups in total. The molecule has 0 spiro atoms. The van der Waals surface area contributed by atoms with Crippen LogP contribution in [-0.2, 0) is 0 Å². The first-order chi connectivity index (χ1) is 6.46. The smallest absolute Gasteiger partial charge is 0.137 e. The molecule has 1 aromatic rings. The Hall–Kier alpha value is -0.410. The van der Waals surface area contributed by atoms with Gasteiger partial charge in [-0.15, -0.1) is 0 Å². The second-order valence-corrected chi connectivity index (χ2v) is 5.26. The van der Waals surface area contributed by atoms with Gasteiger partial charge in [-0.05, 0) is 33.0 Å². The van der Waals surface area contributed by atoms with Gasteiger partial charge in [-0.1, -0.05) is 26.0 Å². The molecule has 1 saturated carbocycles. The van der Waals surface area contributed by atoms with E-state index >= 15 is 0 Å². The Morgan fingerprint density at radius 2 is 2.00 bits per heavy atom. The van der Waals surface area contributed by atoms with E-state index in [4.69, 9.17) is 5.73 Å². The summed E-state index contributed by atoms with van der Waals surface area (Å²) in [6.07, 6.45) is 0. The van der Waals surface area contributed by atoms with Crippen LogP contribution >= 0.6 is 15.9 Å². The Morgan fingerprint density at radius 1 is 1.43 bits per heavy atom. The van der Waals surface area contributed by atoms with E-state index in [1.54, 1.807) is 6.07 Å². The number of halogens is 2. The van der Waals surface area contributed by atoms with E-state index in [1.807, 2.05) is 6.07 Å². The first-order valence-corrected chi connectivity index (χ1v) is 5.45. The number of benzene rings is 1. The summed E-state index contributed by atoms with van der Waals surface area (Å²) in [4.78, 5) is 0. The topological polar surface area (TPSA) is 26.0 Å². The molecule has 0 heterocycles. The number of hydrogen-bond acceptors (Lipinski definition) is 1. The van der Waals surface area contributed by atoms with Gasteiger partial charge in [-0.3, -0.25) is 0 Å². The molecule has 3 heteroatoms. The van der Waals surface area contributed by atoms with E-state index in [0.29, 0.717) is 4.47 Å². The van der Waals surface area contributed by atoms with E-state index in [0.717, 1.165) is 5.56 Å². The molecule has 2 unspecified atom stereocenters. The van der Waals surface area contributed by atoms with Gasteiger partial charge in [0.05, 0.1) is 4.47 Å². The maximum absolute atomic E-state index is 13.3. The minimum atomic E-state index is -0.211. The van der Waals surface area contributed by atoms with Gasteiger partial charge in [0.2, 0.25) is 0 Å². The van der Waals surface area contributed by atoms with Crippen molar-refractivity contribution in [3.8, 4) is 0 Å². The monoisotopic (exact) mass is 257 g/mol. The molecule has 0 bridgehead atoms. The summed E-state index contributed by atoms with van der Waals surface area (Å²) < 4.78 is 13.8. The van der Waals surface area contributed by atoms with Crippen LogP contribution in [0.15, 0.2) is 22.7 Å². The Bertz CT molecular complexity index is 376. The standard InChI is InChI=1S/C11H13BrFN/c1-11(2)8(10(11)14)6-4-3-5-7(13)9(6)12/h3-5,8,10H,14H2,1-2H3. The van der Waals surface area contributed by atoms with Gasteiger partial charge < -0.3 is 5.73 Å². The highest BCUT2D eigenvalue weighted by molar-refractivity contribution is 9.10. The van der Waals surface area contributed by atoms with Gasteiger partial charge in [0.25, 0.3) is 0 Å². The zero-order chi connectivity index (χ0) is 10.5. The fourth-order valence-electron chi connectivity index (χ4n) is 2.03. The molecule has 1 nitrogen and oxygen atoms in total. The van der Waals surface area contributed by atoms with Crippen LogP contribution in [0.25, 0.3) is 0 Å². The molecule has 0 aliphatic heterocycles. The fraction of sp³-hybridized carbons (Fsp3) is 0.455. The molecular formula is C11H13BrFN. The minimum Gasteiger partial charge on any atom is -0.327 e. The zero-order valence-electron chi connectivity index (χ0n) is 8.22. The Morgan fingerprint density at radius 3 is 2.50 bits per heavy atom. The van der Waals surface area contributed by atoms with Crippen molar-refractivity contribution in [1.82, 2.24) is 0 Å². The number of nitrogens with two attached hydrogens (primary N) is 1. The van der Waals surface area contributed by atoms with Crippen molar-refractivity contribution in [3.63, 3.8) is 0 Å². The largest absolute Gasteiger partial charge is 0.327 e. The molecule has 1 fully saturated rings. The molecule has 1 aromatic carbocycles. The van der Waals surface area contributed by atoms with Crippen LogP contribution in [0.3, 0.4) is 0 Å². The van der Waals surface area contributed by atoms with Gasteiger partial charge in [0.1, 0.15) is 5.82 Å². The molecule has 0 aromatic heterocycles. The summed E-state index contributed by atoms with van der Waals surface area (Å²) in [5.74, 6) is 0.0602. The lowest BCUT2D eigenvalue weighted by molar-refractivity contribution is 0.591. The maximum atomic E-state index is 13.3. The van der Waals surface area contributed by atoms with E-state index in [1.165, 1.54) is 6.07 Å². The lowest BCUT2D eigenvalue weighted by Gasteiger charge is -2.05. The van der Waals surface area contributed by atoms with Crippen LogP contribution in [0.2, 0.25) is 0 Å². The van der Waals surface area contributed by atoms with Gasteiger partial charge >= 0.3 is 0 Å². The van der Waals surface area contributed by atoms with Gasteiger partial charge in [0.15, 0.2) is 0 Å². The van der Waals surface area contributed by atoms with E-state index in [2.05, 4.69) is 29.8 Å². The predicted molar refractivity (Wildman–Crippen MR) is 58.6 cm³/mol. The third kappa shape index (κ3) is 1.30. The first-order valence-electron chi connectivity index (χ1n) is 4.65. The van der Waals surface area contributed by atoms with Gasteiger partial charge in [-0.2, -0.15) is 0 Å². The van der Waals surface area contributed by atoms with Crippen molar-refractivity contribution >= 4 is 15.9 Å². The third-order valence-electron chi connectivity index (χ3n) is 3.23. The highest BCUT2D eigenvalue weighted by atomic mass is 79.9. The Labute approximate surface area is 91.6 Å². The van der Waals surface area contributed by atoms with Crippen LogP contribution in [0.4, 0.5) is 4.39 Å². The van der Waals surface area contributed by atoms with Crippen LogP contribution in [-0.4, -0.2) is 6.04 Å². The average Bonchev–Trinajstić information content (AvgIpc) is 2.59. The average molecular weight is 258 g/mol. The molecule has 0 amide bonds. The van der Waals surface area contributed by atoms with Gasteiger partial charge in [0, 0.05) is 12.0 Å². The third-order valence-corrected chi connectivity index (χ3v) is 4.06. The lowest BCUT2D eigenvalue weighted by Crippen LogP contribution is -2.06. The second kappa shape index (κ2) is 3.04. The molecule has 0 saturated heterocycles. The van der Waals surface area contributed by atoms with Crippen molar-refractivity contribution in [3.05, 3.63) is 34.1 Å². The van der Waals surface area contributed by atoms with Crippen molar-refractivity contribution < 1.29 is 4.39 Å². The normalized spacial score (nSPS) is 28.9. The van der Waals surface area contributed by atoms with Crippen LogP contribution in [0.5, 0.6) is 0 Å². The molecular weight excluding hydrogens is 245 g/mol. The summed E-state index contributed by atoms with van der Waals surface area (Å²) >= 11 is 3.27. The van der Waals surface area contributed by atoms with Crippen LogP contribution < -0.4 is 5.73 Å². The minimum absolute atomic E-state index is 0.0936. The molecule has 14 heavy (non-hydrogen) atoms. The van der Waals surface area contributed by atoms with Crippen LogP contribution in [0.1, 0.15) is 25.3 Å². The van der Waals surface area contributed by atoms with Crippen molar-refractivity contribution in [1.29, 1.82) is 0 Å². The SMILES string of the molecule is CC1(C)C(N)C1c1cccc(F)c1Br. The molecule has 1 aliphatic rings. The number of hydrogen-bond donors (Lipinski definition) is 1. The van der Waals surface area contributed by atoms with Gasteiger partial charge in [-0.25, -0.2) is 4.39 Å². The first kappa shape index (κ1) is 10.1. The van der Waals surface area contributed by atoms with Crippen molar-refractivity contribution in [2.45, 2.75) is 25.8 Å². The predicted octanol–water partition coefficient (Wildman–Crippen LogP) is 3.04. The molecule has 1 aliphatic carbocycles. The van der Waals surface area contributed by atoms with E-state index in [-0.39, 0.29) is 23.2 Å². The zero-order valence-corrected chi connectivity index (χ0v) is 9.81. The lowest BCUT2D eigenvalue weighted by atomic mass is 10.0. The summed E-state index contributed by atoms with van der Waals surface area (Å²) in [5, 5.41) is 0. The number of rotatable bonds is 1. The van der Waals surface area contributed by atoms with Crippen molar-refractivity contribution in [2.75, 3.05) is 0 Å². The maximum Gasteiger partial charge on any atom is 0.137 e. The Kier molecular flexibility index (Phi) is 2.20.